The highest BCUT2D eigenvalue weighted by Crippen LogP contribution is 2.44. The number of carbonyl (C=O) groups is 1. The predicted molar refractivity (Wildman–Crippen MR) is 125 cm³/mol. The van der Waals surface area contributed by atoms with Crippen LogP contribution in [0.5, 0.6) is 0 Å². The highest BCUT2D eigenvalue weighted by Gasteiger charge is 2.34. The van der Waals surface area contributed by atoms with E-state index in [1.54, 1.807) is 24.3 Å². The number of nitrogens with one attached hydrogen (secondary N) is 1. The molecule has 156 valence electrons. The molecule has 2 aromatic carbocycles. The molecule has 1 amide bonds. The van der Waals surface area contributed by atoms with Crippen LogP contribution < -0.4 is 10.2 Å². The maximum Gasteiger partial charge on any atom is 0.266 e. The maximum absolute atomic E-state index is 12.7. The van der Waals surface area contributed by atoms with Gasteiger partial charge in [-0.05, 0) is 80.1 Å². The lowest BCUT2D eigenvalue weighted by Gasteiger charge is -2.45. The summed E-state index contributed by atoms with van der Waals surface area (Å²) in [5.74, 6) is -0.160. The number of carbonyl (C=O) groups excluding carboxylic acids is 1. The zero-order valence-corrected chi connectivity index (χ0v) is 19.3. The van der Waals surface area contributed by atoms with Crippen molar-refractivity contribution in [2.45, 2.75) is 45.6 Å². The van der Waals surface area contributed by atoms with Crippen molar-refractivity contribution in [3.8, 4) is 6.07 Å². The van der Waals surface area contributed by atoms with Crippen molar-refractivity contribution in [2.24, 2.45) is 0 Å². The molecule has 3 rings (SSSR count). The second-order valence-corrected chi connectivity index (χ2v) is 9.26. The third-order valence-corrected chi connectivity index (χ3v) is 6.67. The number of nitrogens with zero attached hydrogens (tertiary/aromatic N) is 2. The standard InChI is InChI=1S/C24H25Cl2N3O/c1-14-12-24(3,4)29(5)22-11-20(26)16(10-18(14)22)9-17(13-27)23(30)28-21-8-6-7-19(25)15(21)2/h6-11,14H,12H2,1-5H3,(H,28,30)/b17-9-/t14-/m1/s1. The third kappa shape index (κ3) is 4.19. The van der Waals surface area contributed by atoms with E-state index in [1.165, 1.54) is 0 Å². The van der Waals surface area contributed by atoms with Gasteiger partial charge >= 0.3 is 0 Å². The smallest absolute Gasteiger partial charge is 0.266 e. The summed E-state index contributed by atoms with van der Waals surface area (Å²) in [6.07, 6.45) is 2.55. The van der Waals surface area contributed by atoms with E-state index in [2.05, 4.69) is 38.0 Å². The number of amides is 1. The molecule has 6 heteroatoms. The number of hydrogen-bond acceptors (Lipinski definition) is 3. The van der Waals surface area contributed by atoms with E-state index >= 15 is 0 Å². The van der Waals surface area contributed by atoms with Gasteiger partial charge in [-0.2, -0.15) is 5.26 Å². The summed E-state index contributed by atoms with van der Waals surface area (Å²) >= 11 is 12.7. The van der Waals surface area contributed by atoms with E-state index in [-0.39, 0.29) is 11.1 Å². The van der Waals surface area contributed by atoms with E-state index in [1.807, 2.05) is 25.1 Å². The first-order chi connectivity index (χ1) is 14.0. The highest BCUT2D eigenvalue weighted by atomic mass is 35.5. The molecule has 1 N–H and O–H groups in total. The van der Waals surface area contributed by atoms with Gasteiger partial charge in [0.2, 0.25) is 0 Å². The van der Waals surface area contributed by atoms with Crippen LogP contribution in [0, 0.1) is 18.3 Å². The SMILES string of the molecule is Cc1c(Cl)cccc1NC(=O)/C(C#N)=C\c1cc2c(cc1Cl)N(C)C(C)(C)C[C@H]2C. The first kappa shape index (κ1) is 22.2. The molecule has 0 aromatic heterocycles. The molecule has 0 unspecified atom stereocenters. The molecular weight excluding hydrogens is 417 g/mol. The van der Waals surface area contributed by atoms with Gasteiger partial charge in [-0.3, -0.25) is 4.79 Å². The van der Waals surface area contributed by atoms with Crippen molar-refractivity contribution in [3.63, 3.8) is 0 Å². The normalized spacial score (nSPS) is 17.9. The van der Waals surface area contributed by atoms with E-state index in [0.29, 0.717) is 27.2 Å². The van der Waals surface area contributed by atoms with Crippen LogP contribution in [-0.2, 0) is 4.79 Å². The molecule has 1 aliphatic heterocycles. The molecular formula is C24H25Cl2N3O. The molecule has 2 aromatic rings. The number of anilines is 2. The Morgan fingerprint density at radius 2 is 2.00 bits per heavy atom. The third-order valence-electron chi connectivity index (χ3n) is 5.93. The van der Waals surface area contributed by atoms with E-state index in [0.717, 1.165) is 23.2 Å². The summed E-state index contributed by atoms with van der Waals surface area (Å²) in [5, 5.41) is 13.4. The molecule has 0 radical (unpaired) electrons. The summed E-state index contributed by atoms with van der Waals surface area (Å²) in [6.45, 7) is 8.43. The van der Waals surface area contributed by atoms with Crippen molar-refractivity contribution in [2.75, 3.05) is 17.3 Å². The van der Waals surface area contributed by atoms with Gasteiger partial charge in [0, 0.05) is 34.0 Å². The fourth-order valence-corrected chi connectivity index (χ4v) is 4.34. The predicted octanol–water partition coefficient (Wildman–Crippen LogP) is 6.57. The maximum atomic E-state index is 12.7. The van der Waals surface area contributed by atoms with E-state index < -0.39 is 5.91 Å². The number of benzene rings is 2. The molecule has 0 bridgehead atoms. The van der Waals surface area contributed by atoms with Crippen molar-refractivity contribution in [3.05, 3.63) is 62.6 Å². The zero-order valence-electron chi connectivity index (χ0n) is 17.8. The van der Waals surface area contributed by atoms with Gasteiger partial charge in [0.25, 0.3) is 5.91 Å². The molecule has 1 aliphatic rings. The summed E-state index contributed by atoms with van der Waals surface area (Å²) in [4.78, 5) is 15.0. The van der Waals surface area contributed by atoms with Crippen LogP contribution in [0.4, 0.5) is 11.4 Å². The Morgan fingerprint density at radius 1 is 1.30 bits per heavy atom. The van der Waals surface area contributed by atoms with Gasteiger partial charge < -0.3 is 10.2 Å². The summed E-state index contributed by atoms with van der Waals surface area (Å²) in [7, 11) is 2.07. The second kappa shape index (κ2) is 8.34. The molecule has 30 heavy (non-hydrogen) atoms. The van der Waals surface area contributed by atoms with E-state index in [9.17, 15) is 10.1 Å². The molecule has 4 nitrogen and oxygen atoms in total. The Labute approximate surface area is 188 Å². The van der Waals surface area contributed by atoms with Crippen LogP contribution >= 0.6 is 23.2 Å². The first-order valence-corrected chi connectivity index (χ1v) is 10.6. The summed E-state index contributed by atoms with van der Waals surface area (Å²) in [6, 6.07) is 11.2. The lowest BCUT2D eigenvalue weighted by molar-refractivity contribution is -0.112. The fraction of sp³-hybridized carbons (Fsp3) is 0.333. The van der Waals surface area contributed by atoms with E-state index in [4.69, 9.17) is 23.2 Å². The highest BCUT2D eigenvalue weighted by molar-refractivity contribution is 6.33. The Hall–Kier alpha value is -2.48. The van der Waals surface area contributed by atoms with Crippen LogP contribution in [0.25, 0.3) is 6.08 Å². The number of halogens is 2. The van der Waals surface area contributed by atoms with Crippen LogP contribution in [0.3, 0.4) is 0 Å². The topological polar surface area (TPSA) is 56.1 Å². The van der Waals surface area contributed by atoms with Gasteiger partial charge in [0.1, 0.15) is 11.6 Å². The average molecular weight is 442 g/mol. The summed E-state index contributed by atoms with van der Waals surface area (Å²) in [5.41, 5.74) is 4.23. The Morgan fingerprint density at radius 3 is 2.67 bits per heavy atom. The Kier molecular flexibility index (Phi) is 6.17. The van der Waals surface area contributed by atoms with Crippen molar-refractivity contribution in [1.29, 1.82) is 5.26 Å². The molecule has 0 saturated carbocycles. The fourth-order valence-electron chi connectivity index (χ4n) is 3.95. The average Bonchev–Trinajstić information content (AvgIpc) is 2.68. The first-order valence-electron chi connectivity index (χ1n) is 9.80. The van der Waals surface area contributed by atoms with Crippen molar-refractivity contribution in [1.82, 2.24) is 0 Å². The Balaban J connectivity index is 1.97. The molecule has 0 spiro atoms. The van der Waals surface area contributed by atoms with Crippen LogP contribution in [-0.4, -0.2) is 18.5 Å². The largest absolute Gasteiger partial charge is 0.369 e. The van der Waals surface area contributed by atoms with Gasteiger partial charge in [0.05, 0.1) is 0 Å². The minimum Gasteiger partial charge on any atom is -0.369 e. The van der Waals surface area contributed by atoms with Gasteiger partial charge in [0.15, 0.2) is 0 Å². The van der Waals surface area contributed by atoms with Gasteiger partial charge in [-0.1, -0.05) is 36.2 Å². The monoisotopic (exact) mass is 441 g/mol. The molecule has 1 heterocycles. The Bertz CT molecular complexity index is 1080. The quantitative estimate of drug-likeness (QED) is 0.432. The minimum absolute atomic E-state index is 0.0200. The lowest BCUT2D eigenvalue weighted by atomic mass is 9.80. The van der Waals surface area contributed by atoms with Crippen molar-refractivity contribution < 1.29 is 4.79 Å². The summed E-state index contributed by atoms with van der Waals surface area (Å²) < 4.78 is 0. The van der Waals surface area contributed by atoms with Crippen molar-refractivity contribution >= 4 is 46.6 Å². The van der Waals surface area contributed by atoms with Crippen LogP contribution in [0.1, 0.15) is 49.8 Å². The van der Waals surface area contributed by atoms with Crippen LogP contribution in [0.2, 0.25) is 10.0 Å². The van der Waals surface area contributed by atoms with Gasteiger partial charge in [-0.15, -0.1) is 0 Å². The number of hydrogen-bond donors (Lipinski definition) is 1. The van der Waals surface area contributed by atoms with Gasteiger partial charge in [-0.25, -0.2) is 0 Å². The molecule has 0 aliphatic carbocycles. The molecule has 0 fully saturated rings. The van der Waals surface area contributed by atoms with Crippen LogP contribution in [0.15, 0.2) is 35.9 Å². The lowest BCUT2D eigenvalue weighted by Crippen LogP contribution is -2.45. The second-order valence-electron chi connectivity index (χ2n) is 8.45. The molecule has 0 saturated heterocycles. The zero-order chi connectivity index (χ0) is 22.2. The minimum atomic E-state index is -0.497. The number of nitriles is 1. The molecule has 1 atom stereocenters. The number of fused-ring (bicyclic) bond motifs is 1. The number of rotatable bonds is 3.